The Hall–Kier alpha value is -3.73. The zero-order valence-corrected chi connectivity index (χ0v) is 25.9. The van der Waals surface area contributed by atoms with E-state index in [-0.39, 0.29) is 23.9 Å². The molecule has 3 aromatic carbocycles. The maximum Gasteiger partial charge on any atom is 0.401 e. The Bertz CT molecular complexity index is 1640. The van der Waals surface area contributed by atoms with Gasteiger partial charge in [0.25, 0.3) is 0 Å². The van der Waals surface area contributed by atoms with E-state index in [2.05, 4.69) is 21.7 Å². The fourth-order valence-corrected chi connectivity index (χ4v) is 6.14. The second-order valence-electron chi connectivity index (χ2n) is 11.4. The lowest BCUT2D eigenvalue weighted by molar-refractivity contribution is -0.147. The molecule has 1 fully saturated rings. The number of nitrogens with one attached hydrogen (secondary N) is 4. The van der Waals surface area contributed by atoms with Crippen molar-refractivity contribution in [2.75, 3.05) is 36.8 Å². The molecule has 0 bridgehead atoms. The summed E-state index contributed by atoms with van der Waals surface area (Å²) in [5.74, 6) is -1.11. The van der Waals surface area contributed by atoms with Crippen LogP contribution < -0.4 is 16.1 Å². The number of carboxylic acids is 1. The summed E-state index contributed by atoms with van der Waals surface area (Å²) in [4.78, 5) is 15.7. The standard InChI is InChI=1S/C33H34Cl2F3N5O2/c34-23-7-3-20(4-8-23)31(21-5-9-24(35)10-6-21)22-16-26-27(41-25-11-14-43(15-12-25)19-33(36,37)38)18-29(39)42-32(26)28(17-22)40-13-1-2-30(44)45/h3-10,16-18,25,31,40H,1-2,11-15,19H2,(H,44,45)(H3,39,41,42). The maximum absolute atomic E-state index is 12.9. The molecule has 1 saturated heterocycles. The van der Waals surface area contributed by atoms with Crippen molar-refractivity contribution in [3.8, 4) is 0 Å². The molecule has 7 nitrogen and oxygen atoms in total. The Morgan fingerprint density at radius 1 is 0.956 bits per heavy atom. The number of hydrogen-bond donors (Lipinski definition) is 5. The average molecular weight is 661 g/mol. The van der Waals surface area contributed by atoms with E-state index in [0.717, 1.165) is 22.1 Å². The van der Waals surface area contributed by atoms with Gasteiger partial charge in [0.15, 0.2) is 0 Å². The predicted octanol–water partition coefficient (Wildman–Crippen LogP) is 7.85. The van der Waals surface area contributed by atoms with Crippen LogP contribution in [0.15, 0.2) is 66.7 Å². The second kappa shape index (κ2) is 14.1. The van der Waals surface area contributed by atoms with Gasteiger partial charge in [-0.3, -0.25) is 15.1 Å². The van der Waals surface area contributed by atoms with Gasteiger partial charge in [0, 0.05) is 65.2 Å². The van der Waals surface area contributed by atoms with Gasteiger partial charge >= 0.3 is 12.1 Å². The normalized spacial score (nSPS) is 14.6. The van der Waals surface area contributed by atoms with Gasteiger partial charge < -0.3 is 20.7 Å². The van der Waals surface area contributed by atoms with Gasteiger partial charge in [-0.1, -0.05) is 47.5 Å². The summed E-state index contributed by atoms with van der Waals surface area (Å²) < 4.78 is 38.8. The number of nitrogens with zero attached hydrogens (tertiary/aromatic N) is 1. The highest BCUT2D eigenvalue weighted by Gasteiger charge is 2.32. The third-order valence-electron chi connectivity index (χ3n) is 7.97. The Balaban J connectivity index is 1.57. The average Bonchev–Trinajstić information content (AvgIpc) is 2.98. The van der Waals surface area contributed by atoms with Crippen LogP contribution in [0.3, 0.4) is 0 Å². The summed E-state index contributed by atoms with van der Waals surface area (Å²) >= 11 is 12.5. The second-order valence-corrected chi connectivity index (χ2v) is 12.2. The number of hydrogen-bond acceptors (Lipinski definition) is 5. The molecule has 5 N–H and O–H groups in total. The van der Waals surface area contributed by atoms with Crippen molar-refractivity contribution in [3.05, 3.63) is 99.0 Å². The number of halogens is 5. The topological polar surface area (TPSA) is 104 Å². The van der Waals surface area contributed by atoms with E-state index in [1.165, 1.54) is 4.90 Å². The van der Waals surface area contributed by atoms with Gasteiger partial charge in [0.1, 0.15) is 5.49 Å². The molecule has 1 aliphatic heterocycles. The highest BCUT2D eigenvalue weighted by Crippen LogP contribution is 2.38. The minimum atomic E-state index is -4.24. The van der Waals surface area contributed by atoms with Crippen LogP contribution in [0, 0.1) is 5.41 Å². The van der Waals surface area contributed by atoms with Crippen molar-refractivity contribution >= 4 is 51.4 Å². The number of H-pyrrole nitrogens is 1. The largest absolute Gasteiger partial charge is 0.481 e. The van der Waals surface area contributed by atoms with E-state index in [4.69, 9.17) is 33.7 Å². The van der Waals surface area contributed by atoms with E-state index < -0.39 is 18.7 Å². The van der Waals surface area contributed by atoms with Crippen molar-refractivity contribution in [1.82, 2.24) is 9.88 Å². The molecule has 0 unspecified atom stereocenters. The molecule has 2 heterocycles. The van der Waals surface area contributed by atoms with E-state index >= 15 is 0 Å². The summed E-state index contributed by atoms with van der Waals surface area (Å²) in [6.45, 7) is 0.113. The lowest BCUT2D eigenvalue weighted by Gasteiger charge is -2.33. The fourth-order valence-electron chi connectivity index (χ4n) is 5.89. The molecular formula is C33H34Cl2F3N5O2. The number of carbonyl (C=O) groups is 1. The number of piperidine rings is 1. The van der Waals surface area contributed by atoms with Crippen LogP contribution in [-0.4, -0.2) is 59.4 Å². The van der Waals surface area contributed by atoms with Crippen LogP contribution in [0.4, 0.5) is 24.5 Å². The smallest absolute Gasteiger partial charge is 0.401 e. The first kappa shape index (κ1) is 32.7. The van der Waals surface area contributed by atoms with Gasteiger partial charge in [0.2, 0.25) is 0 Å². The van der Waals surface area contributed by atoms with Crippen LogP contribution in [0.1, 0.15) is 48.3 Å². The number of benzene rings is 3. The predicted molar refractivity (Wildman–Crippen MR) is 173 cm³/mol. The number of aromatic amines is 1. The first-order chi connectivity index (χ1) is 21.4. The van der Waals surface area contributed by atoms with Gasteiger partial charge in [-0.25, -0.2) is 0 Å². The van der Waals surface area contributed by atoms with E-state index in [0.29, 0.717) is 65.8 Å². The van der Waals surface area contributed by atoms with Crippen molar-refractivity contribution < 1.29 is 23.1 Å². The Morgan fingerprint density at radius 2 is 1.56 bits per heavy atom. The quantitative estimate of drug-likeness (QED) is 0.0833. The van der Waals surface area contributed by atoms with E-state index in [1.54, 1.807) is 6.07 Å². The number of anilines is 2. The highest BCUT2D eigenvalue weighted by molar-refractivity contribution is 6.30. The molecule has 0 saturated carbocycles. The van der Waals surface area contributed by atoms with Crippen LogP contribution >= 0.6 is 23.2 Å². The number of likely N-dealkylation sites (tertiary alicyclic amines) is 1. The minimum Gasteiger partial charge on any atom is -0.481 e. The number of rotatable bonds is 11. The molecule has 0 amide bonds. The van der Waals surface area contributed by atoms with Gasteiger partial charge in [-0.15, -0.1) is 0 Å². The zero-order chi connectivity index (χ0) is 32.1. The van der Waals surface area contributed by atoms with Crippen LogP contribution in [0.5, 0.6) is 0 Å². The third-order valence-corrected chi connectivity index (χ3v) is 8.48. The van der Waals surface area contributed by atoms with Crippen LogP contribution in [-0.2, 0) is 4.79 Å². The van der Waals surface area contributed by atoms with Crippen molar-refractivity contribution in [2.24, 2.45) is 0 Å². The lowest BCUT2D eigenvalue weighted by Crippen LogP contribution is -2.43. The molecule has 0 aliphatic carbocycles. The van der Waals surface area contributed by atoms with Crippen LogP contribution in [0.25, 0.3) is 10.9 Å². The number of carboxylic acid groups (broad SMARTS) is 1. The SMILES string of the molecule is N=c1cc(NC2CCN(CC(F)(F)F)CC2)c2cc(C(c3ccc(Cl)cc3)c3ccc(Cl)cc3)cc(NCCCC(=O)O)c2[nH]1. The first-order valence-electron chi connectivity index (χ1n) is 14.7. The number of aromatic nitrogens is 1. The van der Waals surface area contributed by atoms with Crippen molar-refractivity contribution in [2.45, 2.75) is 43.8 Å². The van der Waals surface area contributed by atoms with Crippen molar-refractivity contribution in [1.29, 1.82) is 5.41 Å². The van der Waals surface area contributed by atoms with Gasteiger partial charge in [-0.05, 0) is 72.4 Å². The third kappa shape index (κ3) is 8.71. The molecule has 238 valence electrons. The number of alkyl halides is 3. The number of pyridine rings is 1. The van der Waals surface area contributed by atoms with Crippen molar-refractivity contribution in [3.63, 3.8) is 0 Å². The summed E-state index contributed by atoms with van der Waals surface area (Å²) in [5.41, 5.74) is 5.15. The number of fused-ring (bicyclic) bond motifs is 1. The molecule has 4 aromatic rings. The van der Waals surface area contributed by atoms with E-state index in [9.17, 15) is 18.0 Å². The molecule has 1 aliphatic rings. The Labute approximate surface area is 268 Å². The van der Waals surface area contributed by atoms with Gasteiger partial charge in [-0.2, -0.15) is 13.2 Å². The molecule has 12 heteroatoms. The zero-order valence-electron chi connectivity index (χ0n) is 24.4. The molecule has 0 atom stereocenters. The molecule has 45 heavy (non-hydrogen) atoms. The minimum absolute atomic E-state index is 0.00997. The highest BCUT2D eigenvalue weighted by atomic mass is 35.5. The summed E-state index contributed by atoms with van der Waals surface area (Å²) in [6, 6.07) is 20.9. The maximum atomic E-state index is 12.9. The van der Waals surface area contributed by atoms with Crippen LogP contribution in [0.2, 0.25) is 10.0 Å². The fraction of sp³-hybridized carbons (Fsp3) is 0.333. The molecule has 1 aromatic heterocycles. The summed E-state index contributed by atoms with van der Waals surface area (Å²) in [5, 5.41) is 26.6. The molecular weight excluding hydrogens is 626 g/mol. The van der Waals surface area contributed by atoms with E-state index in [1.807, 2.05) is 54.6 Å². The Kier molecular flexibility index (Phi) is 10.3. The van der Waals surface area contributed by atoms with Gasteiger partial charge in [0.05, 0.1) is 17.7 Å². The first-order valence-corrected chi connectivity index (χ1v) is 15.5. The molecule has 0 spiro atoms. The number of aliphatic carboxylic acids is 1. The summed E-state index contributed by atoms with van der Waals surface area (Å²) in [6.07, 6.45) is -2.76. The lowest BCUT2D eigenvalue weighted by atomic mass is 9.84. The summed E-state index contributed by atoms with van der Waals surface area (Å²) in [7, 11) is 0. The molecule has 5 rings (SSSR count). The Morgan fingerprint density at radius 3 is 2.11 bits per heavy atom. The monoisotopic (exact) mass is 659 g/mol. The molecule has 0 radical (unpaired) electrons.